The number of hydrogen-bond donors (Lipinski definition) is 2. The van der Waals surface area contributed by atoms with E-state index in [-0.39, 0.29) is 16.9 Å². The summed E-state index contributed by atoms with van der Waals surface area (Å²) in [5.41, 5.74) is 4.52. The van der Waals surface area contributed by atoms with Crippen LogP contribution in [-0.2, 0) is 4.79 Å². The maximum absolute atomic E-state index is 11.7. The lowest BCUT2D eigenvalue weighted by molar-refractivity contribution is -0.122. The summed E-state index contributed by atoms with van der Waals surface area (Å²) in [6, 6.07) is 13.7. The fourth-order valence-corrected chi connectivity index (χ4v) is 2.76. The number of anilines is 1. The monoisotopic (exact) mass is 381 g/mol. The van der Waals surface area contributed by atoms with E-state index in [4.69, 9.17) is 16.6 Å². The molecule has 0 fully saturated rings. The molecule has 2 aromatic carbocycles. The van der Waals surface area contributed by atoms with Gasteiger partial charge in [-0.1, -0.05) is 33.8 Å². The van der Waals surface area contributed by atoms with Crippen molar-refractivity contribution in [2.24, 2.45) is 5.92 Å². The standard InChI is InChI=1S/C21H23N3O2S/c1-12(2)15-7-10-18-17(11-15)23-20(26-18)14-5-8-16(9-6-14)22-21(27)24-19(25)13(3)4/h5-13H,1-4H3,(H2,22,24,25,27). The minimum Gasteiger partial charge on any atom is -0.436 e. The van der Waals surface area contributed by atoms with Crippen LogP contribution in [-0.4, -0.2) is 16.0 Å². The summed E-state index contributed by atoms with van der Waals surface area (Å²) in [5.74, 6) is 0.784. The van der Waals surface area contributed by atoms with Crippen LogP contribution in [0.3, 0.4) is 0 Å². The summed E-state index contributed by atoms with van der Waals surface area (Å²) < 4.78 is 5.87. The fraction of sp³-hybridized carbons (Fsp3) is 0.286. The highest BCUT2D eigenvalue weighted by Crippen LogP contribution is 2.27. The summed E-state index contributed by atoms with van der Waals surface area (Å²) >= 11 is 5.16. The van der Waals surface area contributed by atoms with Gasteiger partial charge in [-0.05, 0) is 60.1 Å². The molecule has 5 nitrogen and oxygen atoms in total. The van der Waals surface area contributed by atoms with Crippen molar-refractivity contribution in [3.05, 3.63) is 48.0 Å². The number of carbonyl (C=O) groups excluding carboxylic acids is 1. The van der Waals surface area contributed by atoms with Crippen LogP contribution in [0.1, 0.15) is 39.2 Å². The number of amides is 1. The van der Waals surface area contributed by atoms with E-state index in [0.29, 0.717) is 11.8 Å². The number of rotatable bonds is 4. The highest BCUT2D eigenvalue weighted by atomic mass is 32.1. The predicted molar refractivity (Wildman–Crippen MR) is 113 cm³/mol. The molecule has 0 aliphatic carbocycles. The molecular weight excluding hydrogens is 358 g/mol. The van der Waals surface area contributed by atoms with Crippen molar-refractivity contribution in [2.75, 3.05) is 5.32 Å². The Morgan fingerprint density at radius 1 is 1.07 bits per heavy atom. The maximum Gasteiger partial charge on any atom is 0.228 e. The lowest BCUT2D eigenvalue weighted by atomic mass is 10.0. The van der Waals surface area contributed by atoms with E-state index in [0.717, 1.165) is 22.4 Å². The van der Waals surface area contributed by atoms with Crippen LogP contribution in [0.4, 0.5) is 5.69 Å². The molecule has 3 rings (SSSR count). The number of nitrogens with one attached hydrogen (secondary N) is 2. The molecule has 0 unspecified atom stereocenters. The highest BCUT2D eigenvalue weighted by molar-refractivity contribution is 7.80. The second kappa shape index (κ2) is 7.88. The van der Waals surface area contributed by atoms with Crippen molar-refractivity contribution in [3.63, 3.8) is 0 Å². The Balaban J connectivity index is 1.74. The van der Waals surface area contributed by atoms with Crippen LogP contribution < -0.4 is 10.6 Å². The van der Waals surface area contributed by atoms with E-state index in [1.54, 1.807) is 0 Å². The van der Waals surface area contributed by atoms with Crippen LogP contribution in [0, 0.1) is 5.92 Å². The molecule has 0 saturated carbocycles. The molecule has 1 heterocycles. The second-order valence-electron chi connectivity index (χ2n) is 7.08. The number of carbonyl (C=O) groups is 1. The van der Waals surface area contributed by atoms with E-state index >= 15 is 0 Å². The van der Waals surface area contributed by atoms with E-state index in [2.05, 4.69) is 41.6 Å². The summed E-state index contributed by atoms with van der Waals surface area (Å²) in [6.07, 6.45) is 0. The molecule has 140 valence electrons. The first-order valence-electron chi connectivity index (χ1n) is 8.96. The van der Waals surface area contributed by atoms with Gasteiger partial charge in [0.2, 0.25) is 11.8 Å². The molecule has 0 bridgehead atoms. The Hall–Kier alpha value is -2.73. The SMILES string of the molecule is CC(C)C(=O)NC(=S)Nc1ccc(-c2nc3cc(C(C)C)ccc3o2)cc1. The summed E-state index contributed by atoms with van der Waals surface area (Å²) in [6.45, 7) is 7.94. The van der Waals surface area contributed by atoms with Gasteiger partial charge < -0.3 is 15.1 Å². The number of aromatic nitrogens is 1. The first kappa shape index (κ1) is 19.0. The molecule has 0 aliphatic rings. The van der Waals surface area contributed by atoms with E-state index in [9.17, 15) is 4.79 Å². The van der Waals surface area contributed by atoms with E-state index < -0.39 is 0 Å². The average Bonchev–Trinajstić information content (AvgIpc) is 3.05. The quantitative estimate of drug-likeness (QED) is 0.616. The molecular formula is C21H23N3O2S. The topological polar surface area (TPSA) is 67.2 Å². The van der Waals surface area contributed by atoms with Crippen molar-refractivity contribution < 1.29 is 9.21 Å². The molecule has 1 amide bonds. The van der Waals surface area contributed by atoms with Gasteiger partial charge in [0.05, 0.1) is 0 Å². The minimum absolute atomic E-state index is 0.114. The lowest BCUT2D eigenvalue weighted by Gasteiger charge is -2.11. The Bertz CT molecular complexity index is 975. The van der Waals surface area contributed by atoms with Crippen molar-refractivity contribution in [3.8, 4) is 11.5 Å². The molecule has 3 aromatic rings. The molecule has 2 N–H and O–H groups in total. The zero-order valence-electron chi connectivity index (χ0n) is 15.9. The number of benzene rings is 2. The summed E-state index contributed by atoms with van der Waals surface area (Å²) in [4.78, 5) is 16.3. The molecule has 6 heteroatoms. The average molecular weight is 382 g/mol. The van der Waals surface area contributed by atoms with Gasteiger partial charge >= 0.3 is 0 Å². The van der Waals surface area contributed by atoms with Crippen LogP contribution >= 0.6 is 12.2 Å². The van der Waals surface area contributed by atoms with Gasteiger partial charge in [0.1, 0.15) is 5.52 Å². The third-order valence-corrected chi connectivity index (χ3v) is 4.43. The summed E-state index contributed by atoms with van der Waals surface area (Å²) in [7, 11) is 0. The van der Waals surface area contributed by atoms with Gasteiger partial charge in [-0.15, -0.1) is 0 Å². The zero-order valence-corrected chi connectivity index (χ0v) is 16.7. The number of oxazole rings is 1. The lowest BCUT2D eigenvalue weighted by Crippen LogP contribution is -2.36. The van der Waals surface area contributed by atoms with Crippen molar-refractivity contribution in [2.45, 2.75) is 33.6 Å². The maximum atomic E-state index is 11.7. The Morgan fingerprint density at radius 3 is 2.41 bits per heavy atom. The third-order valence-electron chi connectivity index (χ3n) is 4.23. The highest BCUT2D eigenvalue weighted by Gasteiger charge is 2.11. The van der Waals surface area contributed by atoms with Crippen LogP contribution in [0.15, 0.2) is 46.9 Å². The second-order valence-corrected chi connectivity index (χ2v) is 7.48. The zero-order chi connectivity index (χ0) is 19.6. The van der Waals surface area contributed by atoms with Gasteiger partial charge in [-0.25, -0.2) is 4.98 Å². The first-order valence-corrected chi connectivity index (χ1v) is 9.37. The number of thiocarbonyl (C=S) groups is 1. The predicted octanol–water partition coefficient (Wildman–Crippen LogP) is 5.09. The molecule has 0 atom stereocenters. The molecule has 0 aliphatic heterocycles. The van der Waals surface area contributed by atoms with E-state index in [1.165, 1.54) is 5.56 Å². The molecule has 0 radical (unpaired) electrons. The van der Waals surface area contributed by atoms with Gasteiger partial charge in [-0.3, -0.25) is 4.79 Å². The first-order chi connectivity index (χ1) is 12.8. The smallest absolute Gasteiger partial charge is 0.228 e. The van der Waals surface area contributed by atoms with Crippen LogP contribution in [0.25, 0.3) is 22.6 Å². The molecule has 27 heavy (non-hydrogen) atoms. The van der Waals surface area contributed by atoms with Gasteiger partial charge in [0.15, 0.2) is 10.7 Å². The Morgan fingerprint density at radius 2 is 1.78 bits per heavy atom. The van der Waals surface area contributed by atoms with Crippen molar-refractivity contribution >= 4 is 40.0 Å². The molecule has 0 spiro atoms. The fourth-order valence-electron chi connectivity index (χ4n) is 2.54. The molecule has 0 saturated heterocycles. The number of hydrogen-bond acceptors (Lipinski definition) is 4. The minimum atomic E-state index is -0.123. The number of fused-ring (bicyclic) bond motifs is 1. The normalized spacial score (nSPS) is 11.2. The third kappa shape index (κ3) is 4.52. The summed E-state index contributed by atoms with van der Waals surface area (Å²) in [5, 5.41) is 5.94. The number of nitrogens with zero attached hydrogens (tertiary/aromatic N) is 1. The van der Waals surface area contributed by atoms with Crippen LogP contribution in [0.5, 0.6) is 0 Å². The van der Waals surface area contributed by atoms with Crippen LogP contribution in [0.2, 0.25) is 0 Å². The Labute approximate surface area is 164 Å². The van der Waals surface area contributed by atoms with Crippen molar-refractivity contribution in [1.82, 2.24) is 10.3 Å². The van der Waals surface area contributed by atoms with Gasteiger partial charge in [0.25, 0.3) is 0 Å². The Kier molecular flexibility index (Phi) is 5.56. The molecule has 1 aromatic heterocycles. The van der Waals surface area contributed by atoms with E-state index in [1.807, 2.05) is 44.2 Å². The largest absolute Gasteiger partial charge is 0.436 e. The van der Waals surface area contributed by atoms with Crippen molar-refractivity contribution in [1.29, 1.82) is 0 Å². The van der Waals surface area contributed by atoms with Gasteiger partial charge in [-0.2, -0.15) is 0 Å². The van der Waals surface area contributed by atoms with Gasteiger partial charge in [0, 0.05) is 17.2 Å².